The minimum atomic E-state index is -0.963. The largest absolute Gasteiger partial charge is 0.394 e. The zero-order chi connectivity index (χ0) is 14.4. The van der Waals surface area contributed by atoms with Crippen molar-refractivity contribution < 1.29 is 14.9 Å². The number of rotatable bonds is 6. The van der Waals surface area contributed by atoms with Gasteiger partial charge in [0.15, 0.2) is 6.23 Å². The molecule has 8 nitrogen and oxygen atoms in total. The Bertz CT molecular complexity index is 506. The Morgan fingerprint density at radius 3 is 2.68 bits per heavy atom. The van der Waals surface area contributed by atoms with E-state index in [1.165, 1.54) is 12.3 Å². The molecule has 0 aliphatic rings. The van der Waals surface area contributed by atoms with Gasteiger partial charge >= 0.3 is 5.69 Å². The quantitative estimate of drug-likeness (QED) is 0.593. The fraction of sp³-hybridized carbons (Fsp3) is 0.545. The smallest absolute Gasteiger partial charge is 0.351 e. The van der Waals surface area contributed by atoms with E-state index >= 15 is 0 Å². The number of nitrogens with two attached hydrogens (primary N) is 1. The van der Waals surface area contributed by atoms with Crippen molar-refractivity contribution in [3.63, 3.8) is 0 Å². The van der Waals surface area contributed by atoms with E-state index in [0.717, 1.165) is 4.57 Å². The molecule has 2 unspecified atom stereocenters. The molecule has 8 heteroatoms. The maximum absolute atomic E-state index is 11.7. The average molecular weight is 268 g/mol. The second-order valence-electron chi connectivity index (χ2n) is 3.97. The lowest BCUT2D eigenvalue weighted by Gasteiger charge is -2.25. The molecule has 0 aliphatic carbocycles. The average Bonchev–Trinajstić information content (AvgIpc) is 2.40. The second-order valence-corrected chi connectivity index (χ2v) is 3.97. The number of hydrogen-bond acceptors (Lipinski definition) is 7. The minimum absolute atomic E-state index is 0.0606. The van der Waals surface area contributed by atoms with Crippen LogP contribution in [0.25, 0.3) is 0 Å². The van der Waals surface area contributed by atoms with E-state index in [9.17, 15) is 4.79 Å². The summed E-state index contributed by atoms with van der Waals surface area (Å²) in [6.45, 7) is 0.698. The molecule has 0 spiro atoms. The number of aromatic nitrogens is 2. The number of nitriles is 1. The highest BCUT2D eigenvalue weighted by Crippen LogP contribution is 2.19. The van der Waals surface area contributed by atoms with Gasteiger partial charge in [0, 0.05) is 6.20 Å². The van der Waals surface area contributed by atoms with Crippen molar-refractivity contribution >= 4 is 5.82 Å². The molecular formula is C11H16N4O4. The van der Waals surface area contributed by atoms with Crippen LogP contribution in [0.4, 0.5) is 5.82 Å². The highest BCUT2D eigenvalue weighted by atomic mass is 16.5. The molecule has 0 bridgehead atoms. The van der Waals surface area contributed by atoms with Gasteiger partial charge in [-0.25, -0.2) is 4.79 Å². The molecule has 19 heavy (non-hydrogen) atoms. The number of aliphatic hydroxyl groups is 2. The van der Waals surface area contributed by atoms with Crippen LogP contribution in [0.15, 0.2) is 17.1 Å². The Balaban J connectivity index is 3.10. The van der Waals surface area contributed by atoms with Crippen LogP contribution in [0.5, 0.6) is 0 Å². The van der Waals surface area contributed by atoms with Crippen molar-refractivity contribution in [1.29, 1.82) is 5.26 Å². The molecule has 1 heterocycles. The lowest BCUT2D eigenvalue weighted by molar-refractivity contribution is -0.108. The topological polar surface area (TPSA) is 134 Å². The molecule has 0 saturated heterocycles. The fourth-order valence-corrected chi connectivity index (χ4v) is 1.45. The number of nitrogen functional groups attached to an aromatic ring is 1. The number of ether oxygens (including phenoxy) is 1. The highest BCUT2D eigenvalue weighted by molar-refractivity contribution is 5.23. The number of anilines is 1. The molecule has 4 N–H and O–H groups in total. The zero-order valence-corrected chi connectivity index (χ0v) is 10.4. The Hall–Kier alpha value is -1.95. The van der Waals surface area contributed by atoms with E-state index in [1.807, 2.05) is 6.07 Å². The first kappa shape index (κ1) is 15.1. The lowest BCUT2D eigenvalue weighted by atomic mass is 10.1. The first-order valence-corrected chi connectivity index (χ1v) is 5.65. The standard InChI is InChI=1S/C11H16N4O4/c1-7(4-12)10(19-8(5-16)6-17)15-3-2-9(13)14-11(15)18/h2-3,7-8,10,16-17H,5-6H2,1H3,(H2,13,14,18). The number of aliphatic hydroxyl groups excluding tert-OH is 2. The summed E-state index contributed by atoms with van der Waals surface area (Å²) in [7, 11) is 0. The molecule has 0 saturated carbocycles. The van der Waals surface area contributed by atoms with Crippen LogP contribution in [-0.2, 0) is 4.74 Å². The number of nitrogens with zero attached hydrogens (tertiary/aromatic N) is 3. The summed E-state index contributed by atoms with van der Waals surface area (Å²) in [5.74, 6) is -0.616. The van der Waals surface area contributed by atoms with Crippen molar-refractivity contribution in [2.75, 3.05) is 18.9 Å². The molecule has 0 fully saturated rings. The third-order valence-electron chi connectivity index (χ3n) is 2.50. The first-order valence-electron chi connectivity index (χ1n) is 5.65. The molecule has 1 rings (SSSR count). The normalized spacial score (nSPS) is 14.1. The minimum Gasteiger partial charge on any atom is -0.394 e. The third kappa shape index (κ3) is 3.75. The van der Waals surface area contributed by atoms with Gasteiger partial charge in [0.25, 0.3) is 0 Å². The zero-order valence-electron chi connectivity index (χ0n) is 10.4. The molecule has 1 aromatic rings. The predicted molar refractivity (Wildman–Crippen MR) is 65.8 cm³/mol. The molecule has 0 aromatic carbocycles. The van der Waals surface area contributed by atoms with Gasteiger partial charge in [0.2, 0.25) is 0 Å². The van der Waals surface area contributed by atoms with Gasteiger partial charge < -0.3 is 20.7 Å². The molecule has 0 amide bonds. The van der Waals surface area contributed by atoms with Gasteiger partial charge in [-0.2, -0.15) is 10.2 Å². The molecule has 104 valence electrons. The summed E-state index contributed by atoms with van der Waals surface area (Å²) in [5.41, 5.74) is 4.71. The SMILES string of the molecule is CC(C#N)C(OC(CO)CO)n1ccc(N)nc1=O. The Morgan fingerprint density at radius 2 is 2.21 bits per heavy atom. The van der Waals surface area contributed by atoms with Gasteiger partial charge in [-0.3, -0.25) is 4.57 Å². The van der Waals surface area contributed by atoms with Crippen molar-refractivity contribution in [2.24, 2.45) is 5.92 Å². The monoisotopic (exact) mass is 268 g/mol. The van der Waals surface area contributed by atoms with Gasteiger partial charge in [-0.15, -0.1) is 0 Å². The summed E-state index contributed by atoms with van der Waals surface area (Å²) in [4.78, 5) is 15.3. The van der Waals surface area contributed by atoms with Crippen molar-refractivity contribution in [3.05, 3.63) is 22.7 Å². The molecular weight excluding hydrogens is 252 g/mol. The molecule has 2 atom stereocenters. The van der Waals surface area contributed by atoms with Crippen LogP contribution < -0.4 is 11.4 Å². The van der Waals surface area contributed by atoms with E-state index in [1.54, 1.807) is 6.92 Å². The van der Waals surface area contributed by atoms with Gasteiger partial charge in [-0.05, 0) is 13.0 Å². The predicted octanol–water partition coefficient (Wildman–Crippen LogP) is -1.15. The Labute approximate surface area is 109 Å². The number of hydrogen-bond donors (Lipinski definition) is 3. The van der Waals surface area contributed by atoms with Crippen LogP contribution in [0, 0.1) is 17.2 Å². The van der Waals surface area contributed by atoms with Crippen molar-refractivity contribution in [2.45, 2.75) is 19.3 Å². The lowest BCUT2D eigenvalue weighted by Crippen LogP contribution is -2.36. The van der Waals surface area contributed by atoms with E-state index in [4.69, 9.17) is 25.9 Å². The summed E-state index contributed by atoms with van der Waals surface area (Å²) < 4.78 is 6.47. The van der Waals surface area contributed by atoms with Crippen LogP contribution >= 0.6 is 0 Å². The highest BCUT2D eigenvalue weighted by Gasteiger charge is 2.24. The second kappa shape index (κ2) is 6.84. The maximum atomic E-state index is 11.7. The molecule has 1 aromatic heterocycles. The van der Waals surface area contributed by atoms with Gasteiger partial charge in [0.1, 0.15) is 11.9 Å². The van der Waals surface area contributed by atoms with Gasteiger partial charge in [0.05, 0.1) is 25.2 Å². The third-order valence-corrected chi connectivity index (χ3v) is 2.50. The maximum Gasteiger partial charge on any atom is 0.351 e. The van der Waals surface area contributed by atoms with Crippen LogP contribution in [-0.4, -0.2) is 39.1 Å². The van der Waals surface area contributed by atoms with Crippen molar-refractivity contribution in [1.82, 2.24) is 9.55 Å². The Kier molecular flexibility index (Phi) is 5.44. The summed E-state index contributed by atoms with van der Waals surface area (Å²) in [6.07, 6.45) is -0.491. The van der Waals surface area contributed by atoms with Gasteiger partial charge in [-0.1, -0.05) is 0 Å². The van der Waals surface area contributed by atoms with E-state index < -0.39 is 37.2 Å². The first-order chi connectivity index (χ1) is 9.03. The van der Waals surface area contributed by atoms with Crippen molar-refractivity contribution in [3.8, 4) is 6.07 Å². The fourth-order valence-electron chi connectivity index (χ4n) is 1.45. The van der Waals surface area contributed by atoms with E-state index in [2.05, 4.69) is 4.98 Å². The van der Waals surface area contributed by atoms with E-state index in [0.29, 0.717) is 0 Å². The summed E-state index contributed by atoms with van der Waals surface area (Å²) in [6, 6.07) is 3.35. The van der Waals surface area contributed by atoms with Crippen LogP contribution in [0.1, 0.15) is 13.2 Å². The Morgan fingerprint density at radius 1 is 1.58 bits per heavy atom. The summed E-state index contributed by atoms with van der Waals surface area (Å²) >= 11 is 0. The van der Waals surface area contributed by atoms with Crippen LogP contribution in [0.3, 0.4) is 0 Å². The van der Waals surface area contributed by atoms with E-state index in [-0.39, 0.29) is 5.82 Å². The van der Waals surface area contributed by atoms with Crippen LogP contribution in [0.2, 0.25) is 0 Å². The summed E-state index contributed by atoms with van der Waals surface area (Å²) in [5, 5.41) is 27.0. The molecule has 0 radical (unpaired) electrons. The molecule has 0 aliphatic heterocycles.